The van der Waals surface area contributed by atoms with Crippen LogP contribution >= 0.6 is 0 Å². The third kappa shape index (κ3) is 1.56. The zero-order chi connectivity index (χ0) is 10.1. The molecule has 1 fully saturated rings. The molecule has 1 unspecified atom stereocenters. The first kappa shape index (κ1) is 9.69. The van der Waals surface area contributed by atoms with E-state index in [0.717, 1.165) is 6.54 Å². The highest BCUT2D eigenvalue weighted by Gasteiger charge is 2.46. The van der Waals surface area contributed by atoms with Crippen molar-refractivity contribution in [2.75, 3.05) is 13.2 Å². The highest BCUT2D eigenvalue weighted by molar-refractivity contribution is 5.29. The Kier molecular flexibility index (Phi) is 2.57. The van der Waals surface area contributed by atoms with Gasteiger partial charge in [0.25, 0.3) is 0 Å². The lowest BCUT2D eigenvalue weighted by Gasteiger charge is -2.00. The van der Waals surface area contributed by atoms with Gasteiger partial charge in [-0.25, -0.2) is 0 Å². The first-order chi connectivity index (χ1) is 6.77. The molecule has 1 N–H and O–H groups in total. The SMILES string of the molecule is CCN1[C@H](CO)[C@H]1c1ccc(C)cc1. The van der Waals surface area contributed by atoms with Gasteiger partial charge in [0, 0.05) is 0 Å². The van der Waals surface area contributed by atoms with Gasteiger partial charge < -0.3 is 5.11 Å². The predicted molar refractivity (Wildman–Crippen MR) is 57.2 cm³/mol. The minimum atomic E-state index is 0.270. The second-order valence-corrected chi connectivity index (χ2v) is 3.94. The molecule has 1 aromatic rings. The number of hydrogen-bond donors (Lipinski definition) is 1. The zero-order valence-corrected chi connectivity index (χ0v) is 8.77. The van der Waals surface area contributed by atoms with Crippen LogP contribution in [0.3, 0.4) is 0 Å². The lowest BCUT2D eigenvalue weighted by molar-refractivity contribution is 0.275. The molecule has 0 bridgehead atoms. The van der Waals surface area contributed by atoms with Crippen molar-refractivity contribution < 1.29 is 5.11 Å². The number of aliphatic hydroxyl groups excluding tert-OH is 1. The molecule has 0 aliphatic carbocycles. The fourth-order valence-electron chi connectivity index (χ4n) is 2.14. The van der Waals surface area contributed by atoms with Crippen molar-refractivity contribution in [2.24, 2.45) is 0 Å². The lowest BCUT2D eigenvalue weighted by Crippen LogP contribution is -2.03. The fraction of sp³-hybridized carbons (Fsp3) is 0.500. The number of hydrogen-bond acceptors (Lipinski definition) is 2. The molecule has 0 aromatic heterocycles. The van der Waals surface area contributed by atoms with Crippen molar-refractivity contribution in [3.63, 3.8) is 0 Å². The summed E-state index contributed by atoms with van der Waals surface area (Å²) >= 11 is 0. The topological polar surface area (TPSA) is 23.2 Å². The minimum absolute atomic E-state index is 0.270. The second kappa shape index (κ2) is 3.71. The summed E-state index contributed by atoms with van der Waals surface area (Å²) in [6.07, 6.45) is 0. The number of rotatable bonds is 3. The Morgan fingerprint density at radius 3 is 2.36 bits per heavy atom. The van der Waals surface area contributed by atoms with E-state index in [1.165, 1.54) is 11.1 Å². The molecular weight excluding hydrogens is 174 g/mol. The Bertz CT molecular complexity index is 297. The van der Waals surface area contributed by atoms with Gasteiger partial charge >= 0.3 is 0 Å². The number of likely N-dealkylation sites (N-methyl/N-ethyl adjacent to an activating group) is 1. The average Bonchev–Trinajstić information content (AvgIpc) is 2.92. The normalized spacial score (nSPS) is 30.4. The van der Waals surface area contributed by atoms with Gasteiger partial charge in [-0.05, 0) is 19.0 Å². The molecule has 2 heteroatoms. The van der Waals surface area contributed by atoms with Crippen LogP contribution in [0.4, 0.5) is 0 Å². The first-order valence-electron chi connectivity index (χ1n) is 5.21. The average molecular weight is 191 g/mol. The molecule has 76 valence electrons. The fourth-order valence-corrected chi connectivity index (χ4v) is 2.14. The molecule has 0 amide bonds. The van der Waals surface area contributed by atoms with Gasteiger partial charge in [0.15, 0.2) is 0 Å². The summed E-state index contributed by atoms with van der Waals surface area (Å²) in [7, 11) is 0. The number of aliphatic hydroxyl groups is 1. The van der Waals surface area contributed by atoms with Crippen LogP contribution in [0.2, 0.25) is 0 Å². The molecular formula is C12H17NO. The highest BCUT2D eigenvalue weighted by atomic mass is 16.3. The van der Waals surface area contributed by atoms with Gasteiger partial charge in [-0.15, -0.1) is 0 Å². The Morgan fingerprint density at radius 1 is 1.29 bits per heavy atom. The van der Waals surface area contributed by atoms with Crippen LogP contribution in [0.15, 0.2) is 24.3 Å². The maximum Gasteiger partial charge on any atom is 0.0605 e. The van der Waals surface area contributed by atoms with E-state index in [-0.39, 0.29) is 6.61 Å². The van der Waals surface area contributed by atoms with Gasteiger partial charge in [-0.1, -0.05) is 36.8 Å². The Balaban J connectivity index is 2.13. The summed E-state index contributed by atoms with van der Waals surface area (Å²) in [4.78, 5) is 2.31. The van der Waals surface area contributed by atoms with Crippen LogP contribution in [-0.4, -0.2) is 29.2 Å². The van der Waals surface area contributed by atoms with Gasteiger partial charge in [0.1, 0.15) is 0 Å². The standard InChI is InChI=1S/C12H17NO/c1-3-13-11(8-14)12(13)10-6-4-9(2)5-7-10/h4-7,11-12,14H,3,8H2,1-2H3/t11-,12-,13?/m1/s1. The predicted octanol–water partition coefficient (Wildman–Crippen LogP) is 1.73. The molecule has 1 aliphatic heterocycles. The smallest absolute Gasteiger partial charge is 0.0605 e. The highest BCUT2D eigenvalue weighted by Crippen LogP contribution is 2.42. The van der Waals surface area contributed by atoms with E-state index in [0.29, 0.717) is 12.1 Å². The molecule has 1 aliphatic rings. The maximum absolute atomic E-state index is 9.15. The van der Waals surface area contributed by atoms with E-state index in [9.17, 15) is 0 Å². The first-order valence-corrected chi connectivity index (χ1v) is 5.21. The van der Waals surface area contributed by atoms with E-state index in [1.807, 2.05) is 0 Å². The van der Waals surface area contributed by atoms with Gasteiger partial charge in [0.05, 0.1) is 18.7 Å². The van der Waals surface area contributed by atoms with E-state index < -0.39 is 0 Å². The Hall–Kier alpha value is -0.860. The van der Waals surface area contributed by atoms with Crippen molar-refractivity contribution in [2.45, 2.75) is 25.9 Å². The molecule has 2 nitrogen and oxygen atoms in total. The third-order valence-corrected chi connectivity index (χ3v) is 3.03. The number of nitrogens with zero attached hydrogens (tertiary/aromatic N) is 1. The summed E-state index contributed by atoms with van der Waals surface area (Å²) in [5.41, 5.74) is 2.62. The quantitative estimate of drug-likeness (QED) is 0.735. The molecule has 3 atom stereocenters. The maximum atomic E-state index is 9.15. The summed E-state index contributed by atoms with van der Waals surface area (Å²) in [6, 6.07) is 9.40. The molecule has 0 radical (unpaired) electrons. The van der Waals surface area contributed by atoms with Crippen molar-refractivity contribution >= 4 is 0 Å². The van der Waals surface area contributed by atoms with E-state index in [2.05, 4.69) is 43.0 Å². The molecule has 1 saturated heterocycles. The van der Waals surface area contributed by atoms with Gasteiger partial charge in [-0.3, -0.25) is 4.90 Å². The number of aryl methyl sites for hydroxylation is 1. The van der Waals surface area contributed by atoms with Gasteiger partial charge in [-0.2, -0.15) is 0 Å². The molecule has 0 spiro atoms. The lowest BCUT2D eigenvalue weighted by atomic mass is 10.1. The van der Waals surface area contributed by atoms with Crippen LogP contribution in [-0.2, 0) is 0 Å². The van der Waals surface area contributed by atoms with E-state index in [1.54, 1.807) is 0 Å². The van der Waals surface area contributed by atoms with E-state index in [4.69, 9.17) is 5.11 Å². The third-order valence-electron chi connectivity index (χ3n) is 3.03. The second-order valence-electron chi connectivity index (χ2n) is 3.94. The largest absolute Gasteiger partial charge is 0.395 e. The van der Waals surface area contributed by atoms with Crippen LogP contribution in [0.25, 0.3) is 0 Å². The summed E-state index contributed by atoms with van der Waals surface area (Å²) in [5.74, 6) is 0. The van der Waals surface area contributed by atoms with Crippen LogP contribution in [0, 0.1) is 6.92 Å². The molecule has 0 saturated carbocycles. The number of benzene rings is 1. The van der Waals surface area contributed by atoms with Crippen LogP contribution in [0.1, 0.15) is 24.1 Å². The van der Waals surface area contributed by atoms with Crippen LogP contribution < -0.4 is 0 Å². The van der Waals surface area contributed by atoms with Crippen molar-refractivity contribution in [1.82, 2.24) is 4.90 Å². The van der Waals surface area contributed by atoms with Gasteiger partial charge in [0.2, 0.25) is 0 Å². The van der Waals surface area contributed by atoms with E-state index >= 15 is 0 Å². The van der Waals surface area contributed by atoms with Crippen molar-refractivity contribution in [3.8, 4) is 0 Å². The summed E-state index contributed by atoms with van der Waals surface area (Å²) < 4.78 is 0. The zero-order valence-electron chi connectivity index (χ0n) is 8.77. The molecule has 1 aromatic carbocycles. The molecule has 2 rings (SSSR count). The Labute approximate surface area is 85.2 Å². The summed E-state index contributed by atoms with van der Waals surface area (Å²) in [6.45, 7) is 5.52. The molecule has 1 heterocycles. The molecule has 14 heavy (non-hydrogen) atoms. The van der Waals surface area contributed by atoms with Crippen LogP contribution in [0.5, 0.6) is 0 Å². The summed E-state index contributed by atoms with van der Waals surface area (Å²) in [5, 5.41) is 9.15. The van der Waals surface area contributed by atoms with Crippen molar-refractivity contribution in [1.29, 1.82) is 0 Å². The van der Waals surface area contributed by atoms with Crippen molar-refractivity contribution in [3.05, 3.63) is 35.4 Å². The monoisotopic (exact) mass is 191 g/mol. The minimum Gasteiger partial charge on any atom is -0.395 e. The Morgan fingerprint density at radius 2 is 1.93 bits per heavy atom.